The van der Waals surface area contributed by atoms with E-state index in [9.17, 15) is 4.79 Å². The number of nitrogens with zero attached hydrogens (tertiary/aromatic N) is 5. The molecule has 1 unspecified atom stereocenters. The largest absolute Gasteiger partial charge is 0.356 e. The van der Waals surface area contributed by atoms with Gasteiger partial charge in [0.15, 0.2) is 5.65 Å². The Bertz CT molecular complexity index is 1040. The Kier molecular flexibility index (Phi) is 4.95. The number of hydrogen-bond donors (Lipinski definition) is 1. The first-order valence-corrected chi connectivity index (χ1v) is 11.0. The number of pyridine rings is 2. The highest BCUT2D eigenvalue weighted by molar-refractivity contribution is 9.10. The molecule has 5 heterocycles. The number of H-pyrrole nitrogens is 1. The van der Waals surface area contributed by atoms with Crippen LogP contribution >= 0.6 is 15.9 Å². The van der Waals surface area contributed by atoms with Crippen LogP contribution in [0.2, 0.25) is 0 Å². The van der Waals surface area contributed by atoms with Crippen molar-refractivity contribution < 1.29 is 4.79 Å². The molecule has 0 spiro atoms. The second-order valence-corrected chi connectivity index (χ2v) is 8.75. The van der Waals surface area contributed by atoms with E-state index in [4.69, 9.17) is 4.98 Å². The quantitative estimate of drug-likeness (QED) is 0.653. The molecule has 2 aliphatic rings. The van der Waals surface area contributed by atoms with Crippen LogP contribution in [0.1, 0.15) is 25.7 Å². The highest BCUT2D eigenvalue weighted by atomic mass is 79.9. The Balaban J connectivity index is 1.37. The molecule has 3 aromatic heterocycles. The second-order valence-electron chi connectivity index (χ2n) is 7.84. The summed E-state index contributed by atoms with van der Waals surface area (Å²) in [7, 11) is 0. The summed E-state index contributed by atoms with van der Waals surface area (Å²) in [6.45, 7) is 3.50. The van der Waals surface area contributed by atoms with E-state index in [0.29, 0.717) is 11.6 Å². The fraction of sp³-hybridized carbons (Fsp3) is 0.429. The maximum absolute atomic E-state index is 12.8. The van der Waals surface area contributed by atoms with Crippen LogP contribution < -0.4 is 4.90 Å². The molecule has 2 fully saturated rings. The molecule has 1 N–H and O–H groups in total. The van der Waals surface area contributed by atoms with Gasteiger partial charge in [-0.15, -0.1) is 0 Å². The summed E-state index contributed by atoms with van der Waals surface area (Å²) >= 11 is 3.45. The number of imidazole rings is 1. The first kappa shape index (κ1) is 18.5. The van der Waals surface area contributed by atoms with Crippen molar-refractivity contribution >= 4 is 38.8 Å². The van der Waals surface area contributed by atoms with Gasteiger partial charge in [-0.25, -0.2) is 9.97 Å². The van der Waals surface area contributed by atoms with Gasteiger partial charge in [-0.2, -0.15) is 0 Å². The van der Waals surface area contributed by atoms with E-state index >= 15 is 0 Å². The minimum Gasteiger partial charge on any atom is -0.356 e. The van der Waals surface area contributed by atoms with E-state index in [1.54, 1.807) is 12.4 Å². The maximum Gasteiger partial charge on any atom is 0.227 e. The Hall–Kier alpha value is -2.48. The number of hydrogen-bond acceptors (Lipinski definition) is 5. The number of aromatic nitrogens is 4. The van der Waals surface area contributed by atoms with Gasteiger partial charge in [-0.1, -0.05) is 0 Å². The lowest BCUT2D eigenvalue weighted by Gasteiger charge is -2.34. The van der Waals surface area contributed by atoms with Crippen LogP contribution in [-0.2, 0) is 4.79 Å². The Morgan fingerprint density at radius 3 is 2.79 bits per heavy atom. The van der Waals surface area contributed by atoms with Crippen molar-refractivity contribution in [3.05, 3.63) is 35.1 Å². The lowest BCUT2D eigenvalue weighted by molar-refractivity contribution is -0.134. The predicted molar refractivity (Wildman–Crippen MR) is 116 cm³/mol. The van der Waals surface area contributed by atoms with E-state index in [2.05, 4.69) is 35.8 Å². The van der Waals surface area contributed by atoms with Gasteiger partial charge in [0.25, 0.3) is 0 Å². The Labute approximate surface area is 177 Å². The van der Waals surface area contributed by atoms with Crippen LogP contribution in [0.25, 0.3) is 22.6 Å². The lowest BCUT2D eigenvalue weighted by atomic mass is 9.96. The number of carbonyl (C=O) groups excluding carboxylic acids is 1. The van der Waals surface area contributed by atoms with E-state index in [-0.39, 0.29) is 5.92 Å². The SMILES string of the molecule is O=C(C1CCCN(c2ccc3[nH]c(-c4cncc(Br)c4)nc3n2)C1)N1CCCC1. The molecule has 0 saturated carbocycles. The van der Waals surface area contributed by atoms with E-state index in [1.165, 1.54) is 0 Å². The summed E-state index contributed by atoms with van der Waals surface area (Å²) in [6, 6.07) is 6.02. The molecule has 0 aromatic carbocycles. The van der Waals surface area contributed by atoms with E-state index in [0.717, 1.165) is 79.1 Å². The van der Waals surface area contributed by atoms with E-state index in [1.807, 2.05) is 23.1 Å². The molecule has 0 aliphatic carbocycles. The van der Waals surface area contributed by atoms with Crippen LogP contribution in [0, 0.1) is 5.92 Å². The third kappa shape index (κ3) is 3.73. The third-order valence-corrected chi connectivity index (χ3v) is 6.26. The van der Waals surface area contributed by atoms with Gasteiger partial charge in [0.1, 0.15) is 11.6 Å². The zero-order valence-corrected chi connectivity index (χ0v) is 17.7. The number of anilines is 1. The summed E-state index contributed by atoms with van der Waals surface area (Å²) < 4.78 is 0.908. The van der Waals surface area contributed by atoms with Crippen molar-refractivity contribution in [2.75, 3.05) is 31.1 Å². The molecule has 29 heavy (non-hydrogen) atoms. The van der Waals surface area contributed by atoms with Gasteiger partial charge in [-0.05, 0) is 59.8 Å². The zero-order valence-electron chi connectivity index (χ0n) is 16.1. The molecule has 1 atom stereocenters. The fourth-order valence-corrected chi connectivity index (χ4v) is 4.68. The normalized spacial score (nSPS) is 19.8. The Morgan fingerprint density at radius 2 is 1.97 bits per heavy atom. The summed E-state index contributed by atoms with van der Waals surface area (Å²) in [6.07, 6.45) is 7.78. The van der Waals surface area contributed by atoms with Crippen molar-refractivity contribution in [1.29, 1.82) is 0 Å². The number of likely N-dealkylation sites (tertiary alicyclic amines) is 1. The van der Waals surface area contributed by atoms with Gasteiger partial charge in [0.05, 0.1) is 11.4 Å². The predicted octanol–water partition coefficient (Wildman–Crippen LogP) is 3.62. The van der Waals surface area contributed by atoms with Crippen LogP contribution in [0.5, 0.6) is 0 Å². The number of amides is 1. The van der Waals surface area contributed by atoms with Gasteiger partial charge in [0.2, 0.25) is 5.91 Å². The van der Waals surface area contributed by atoms with Crippen molar-refractivity contribution in [2.24, 2.45) is 5.92 Å². The fourth-order valence-electron chi connectivity index (χ4n) is 4.32. The number of aromatic amines is 1. The molecule has 3 aromatic rings. The van der Waals surface area contributed by atoms with Gasteiger partial charge in [-0.3, -0.25) is 9.78 Å². The standard InChI is InChI=1S/C21H23BrN6O/c22-16-10-15(11-23-12-16)19-24-17-5-6-18(25-20(17)26-19)28-9-3-4-14(13-28)21(29)27-7-1-2-8-27/h5-6,10-12,14H,1-4,7-9,13H2,(H,24,25,26). The number of halogens is 1. The van der Waals surface area contributed by atoms with Gasteiger partial charge >= 0.3 is 0 Å². The minimum absolute atomic E-state index is 0.0711. The topological polar surface area (TPSA) is 78.0 Å². The molecule has 2 saturated heterocycles. The summed E-state index contributed by atoms with van der Waals surface area (Å²) in [4.78, 5) is 34.1. The minimum atomic E-state index is 0.0711. The number of piperidine rings is 1. The summed E-state index contributed by atoms with van der Waals surface area (Å²) in [5.74, 6) is 2.03. The van der Waals surface area contributed by atoms with Crippen molar-refractivity contribution in [3.63, 3.8) is 0 Å². The van der Waals surface area contributed by atoms with Crippen molar-refractivity contribution in [1.82, 2.24) is 24.8 Å². The number of fused-ring (bicyclic) bond motifs is 1. The molecule has 0 bridgehead atoms. The van der Waals surface area contributed by atoms with Crippen LogP contribution in [0.3, 0.4) is 0 Å². The maximum atomic E-state index is 12.8. The number of carbonyl (C=O) groups is 1. The molecule has 7 nitrogen and oxygen atoms in total. The summed E-state index contributed by atoms with van der Waals surface area (Å²) in [5, 5.41) is 0. The smallest absolute Gasteiger partial charge is 0.227 e. The molecule has 0 radical (unpaired) electrons. The molecule has 5 rings (SSSR count). The third-order valence-electron chi connectivity index (χ3n) is 5.82. The van der Waals surface area contributed by atoms with Crippen LogP contribution in [-0.4, -0.2) is 56.9 Å². The molecule has 2 aliphatic heterocycles. The van der Waals surface area contributed by atoms with Gasteiger partial charge in [0, 0.05) is 48.6 Å². The molecule has 1 amide bonds. The highest BCUT2D eigenvalue weighted by Gasteiger charge is 2.31. The van der Waals surface area contributed by atoms with Crippen molar-refractivity contribution in [2.45, 2.75) is 25.7 Å². The van der Waals surface area contributed by atoms with E-state index < -0.39 is 0 Å². The second kappa shape index (κ2) is 7.74. The van der Waals surface area contributed by atoms with Crippen LogP contribution in [0.4, 0.5) is 5.82 Å². The molecule has 8 heteroatoms. The van der Waals surface area contributed by atoms with Crippen LogP contribution in [0.15, 0.2) is 35.1 Å². The average molecular weight is 455 g/mol. The van der Waals surface area contributed by atoms with Crippen molar-refractivity contribution in [3.8, 4) is 11.4 Å². The summed E-state index contributed by atoms with van der Waals surface area (Å²) in [5.41, 5.74) is 2.49. The highest BCUT2D eigenvalue weighted by Crippen LogP contribution is 2.27. The number of rotatable bonds is 3. The lowest BCUT2D eigenvalue weighted by Crippen LogP contribution is -2.44. The molecular weight excluding hydrogens is 432 g/mol. The van der Waals surface area contributed by atoms with Gasteiger partial charge < -0.3 is 14.8 Å². The molecular formula is C21H23BrN6O. The molecule has 150 valence electrons. The first-order chi connectivity index (χ1) is 14.2. The Morgan fingerprint density at radius 1 is 1.10 bits per heavy atom. The monoisotopic (exact) mass is 454 g/mol. The number of nitrogens with one attached hydrogen (secondary N) is 1. The zero-order chi connectivity index (χ0) is 19.8. The first-order valence-electron chi connectivity index (χ1n) is 10.2. The average Bonchev–Trinajstić information content (AvgIpc) is 3.43.